The Hall–Kier alpha value is -2.21. The third kappa shape index (κ3) is 5.66. The second-order valence-electron chi connectivity index (χ2n) is 6.47. The summed E-state index contributed by atoms with van der Waals surface area (Å²) >= 11 is 5.96. The van der Waals surface area contributed by atoms with Gasteiger partial charge in [0.2, 0.25) is 5.91 Å². The van der Waals surface area contributed by atoms with Crippen LogP contribution in [0.3, 0.4) is 0 Å². The first-order chi connectivity index (χ1) is 12.6. The van der Waals surface area contributed by atoms with Crippen molar-refractivity contribution in [2.75, 3.05) is 0 Å². The molecule has 0 aliphatic heterocycles. The molecule has 7 heteroatoms. The van der Waals surface area contributed by atoms with Crippen molar-refractivity contribution in [3.8, 4) is 6.01 Å². The van der Waals surface area contributed by atoms with Gasteiger partial charge in [0, 0.05) is 17.5 Å². The summed E-state index contributed by atoms with van der Waals surface area (Å²) in [5, 5.41) is 3.77. The number of carbonyl (C=O) groups excluding carboxylic acids is 1. The van der Waals surface area contributed by atoms with Crippen molar-refractivity contribution in [1.29, 1.82) is 0 Å². The number of hydrogen-bond acceptors (Lipinski definition) is 4. The van der Waals surface area contributed by atoms with E-state index in [0.717, 1.165) is 43.6 Å². The van der Waals surface area contributed by atoms with Crippen LogP contribution in [-0.2, 0) is 11.2 Å². The lowest BCUT2D eigenvalue weighted by molar-refractivity contribution is -0.122. The molecule has 1 aliphatic rings. The summed E-state index contributed by atoms with van der Waals surface area (Å²) in [6.45, 7) is 0. The fraction of sp³-hybridized carbons (Fsp3) is 0.421. The lowest BCUT2D eigenvalue weighted by Gasteiger charge is -2.28. The zero-order chi connectivity index (χ0) is 18.4. The number of nitrogens with zero attached hydrogens (tertiary/aromatic N) is 2. The molecule has 1 saturated carbocycles. The number of hydrogen-bond donors (Lipinski definition) is 1. The molecule has 0 radical (unpaired) electrons. The van der Waals surface area contributed by atoms with E-state index in [1.54, 1.807) is 0 Å². The summed E-state index contributed by atoms with van der Waals surface area (Å²) in [6, 6.07) is 7.93. The van der Waals surface area contributed by atoms with Gasteiger partial charge in [-0.15, -0.1) is 0 Å². The van der Waals surface area contributed by atoms with Crippen LogP contribution in [0.5, 0.6) is 6.01 Å². The van der Waals surface area contributed by atoms with Gasteiger partial charge in [0.25, 0.3) is 0 Å². The lowest BCUT2D eigenvalue weighted by atomic mass is 9.93. The first kappa shape index (κ1) is 18.6. The zero-order valence-electron chi connectivity index (χ0n) is 14.3. The minimum absolute atomic E-state index is 0.0000684. The minimum atomic E-state index is -0.485. The predicted octanol–water partition coefficient (Wildman–Crippen LogP) is 3.71. The number of benzene rings is 1. The number of rotatable bonds is 6. The van der Waals surface area contributed by atoms with Crippen molar-refractivity contribution in [1.82, 2.24) is 15.3 Å². The maximum Gasteiger partial charge on any atom is 0.316 e. The quantitative estimate of drug-likeness (QED) is 0.833. The van der Waals surface area contributed by atoms with Gasteiger partial charge in [0.05, 0.1) is 12.4 Å². The summed E-state index contributed by atoms with van der Waals surface area (Å²) < 4.78 is 18.5. The summed E-state index contributed by atoms with van der Waals surface area (Å²) in [6.07, 6.45) is 6.60. The molecule has 138 valence electrons. The molecule has 0 bridgehead atoms. The zero-order valence-corrected chi connectivity index (χ0v) is 15.1. The van der Waals surface area contributed by atoms with E-state index in [4.69, 9.17) is 16.3 Å². The van der Waals surface area contributed by atoms with Crippen LogP contribution in [0.25, 0.3) is 0 Å². The van der Waals surface area contributed by atoms with Crippen LogP contribution in [0.15, 0.2) is 36.7 Å². The van der Waals surface area contributed by atoms with E-state index in [2.05, 4.69) is 15.3 Å². The minimum Gasteiger partial charge on any atom is -0.460 e. The topological polar surface area (TPSA) is 64.1 Å². The van der Waals surface area contributed by atoms with Gasteiger partial charge < -0.3 is 10.1 Å². The number of ether oxygens (including phenoxy) is 1. The third-order valence-corrected chi connectivity index (χ3v) is 4.67. The molecule has 1 aromatic heterocycles. The normalized spacial score (nSPS) is 19.8. The van der Waals surface area contributed by atoms with E-state index in [0.29, 0.717) is 17.9 Å². The van der Waals surface area contributed by atoms with Crippen molar-refractivity contribution in [3.63, 3.8) is 0 Å². The molecular weight excluding hydrogens is 357 g/mol. The van der Waals surface area contributed by atoms with Crippen molar-refractivity contribution in [2.45, 2.75) is 50.7 Å². The highest BCUT2D eigenvalue weighted by molar-refractivity contribution is 6.30. The Bertz CT molecular complexity index is 734. The molecular formula is C19H21ClFN3O2. The standard InChI is InChI=1S/C19H21ClFN3O2/c20-14-3-1-2-13(10-14)4-9-18(25)24-16-5-7-17(8-6-16)26-19-22-11-15(21)12-23-19/h1-3,10-12,16-17H,4-9H2,(H,24,25). The maximum absolute atomic E-state index is 12.8. The number of halogens is 2. The fourth-order valence-electron chi connectivity index (χ4n) is 3.09. The molecule has 1 aliphatic carbocycles. The SMILES string of the molecule is O=C(CCc1cccc(Cl)c1)NC1CCC(Oc2ncc(F)cn2)CC1. The van der Waals surface area contributed by atoms with Crippen molar-refractivity contribution >= 4 is 17.5 Å². The summed E-state index contributed by atoms with van der Waals surface area (Å²) in [5.74, 6) is -0.433. The van der Waals surface area contributed by atoms with Crippen molar-refractivity contribution in [3.05, 3.63) is 53.1 Å². The molecule has 0 atom stereocenters. The Labute approximate surface area is 157 Å². The molecule has 26 heavy (non-hydrogen) atoms. The van der Waals surface area contributed by atoms with E-state index in [1.807, 2.05) is 24.3 Å². The summed E-state index contributed by atoms with van der Waals surface area (Å²) in [4.78, 5) is 19.8. The number of nitrogens with one attached hydrogen (secondary N) is 1. The second kappa shape index (κ2) is 8.94. The smallest absolute Gasteiger partial charge is 0.316 e. The molecule has 1 fully saturated rings. The average molecular weight is 378 g/mol. The Morgan fingerprint density at radius 3 is 2.65 bits per heavy atom. The van der Waals surface area contributed by atoms with Crippen molar-refractivity contribution < 1.29 is 13.9 Å². The van der Waals surface area contributed by atoms with Gasteiger partial charge in [-0.25, -0.2) is 14.4 Å². The van der Waals surface area contributed by atoms with Gasteiger partial charge in [-0.3, -0.25) is 4.79 Å². The Morgan fingerprint density at radius 1 is 1.23 bits per heavy atom. The van der Waals surface area contributed by atoms with E-state index in [1.165, 1.54) is 0 Å². The molecule has 1 N–H and O–H groups in total. The summed E-state index contributed by atoms with van der Waals surface area (Å²) in [7, 11) is 0. The highest BCUT2D eigenvalue weighted by Crippen LogP contribution is 2.22. The molecule has 2 aromatic rings. The molecule has 1 heterocycles. The number of aryl methyl sites for hydroxylation is 1. The van der Waals surface area contributed by atoms with Crippen molar-refractivity contribution in [2.24, 2.45) is 0 Å². The van der Waals surface area contributed by atoms with Crippen LogP contribution in [-0.4, -0.2) is 28.0 Å². The maximum atomic E-state index is 12.8. The van der Waals surface area contributed by atoms with Crippen LogP contribution < -0.4 is 10.1 Å². The van der Waals surface area contributed by atoms with Gasteiger partial charge >= 0.3 is 6.01 Å². The molecule has 0 saturated heterocycles. The first-order valence-electron chi connectivity index (χ1n) is 8.76. The second-order valence-corrected chi connectivity index (χ2v) is 6.91. The molecule has 1 aromatic carbocycles. The van der Waals surface area contributed by atoms with Crippen LogP contribution >= 0.6 is 11.6 Å². The van der Waals surface area contributed by atoms with Gasteiger partial charge in [-0.2, -0.15) is 0 Å². The Morgan fingerprint density at radius 2 is 1.96 bits per heavy atom. The van der Waals surface area contributed by atoms with E-state index < -0.39 is 5.82 Å². The van der Waals surface area contributed by atoms with Gasteiger partial charge in [0.1, 0.15) is 6.10 Å². The predicted molar refractivity (Wildman–Crippen MR) is 96.6 cm³/mol. The van der Waals surface area contributed by atoms with E-state index >= 15 is 0 Å². The van der Waals surface area contributed by atoms with Gasteiger partial charge in [-0.05, 0) is 49.8 Å². The average Bonchev–Trinajstić information content (AvgIpc) is 2.64. The molecule has 5 nitrogen and oxygen atoms in total. The van der Waals surface area contributed by atoms with E-state index in [-0.39, 0.29) is 24.1 Å². The largest absolute Gasteiger partial charge is 0.460 e. The highest BCUT2D eigenvalue weighted by Gasteiger charge is 2.24. The number of amides is 1. The van der Waals surface area contributed by atoms with E-state index in [9.17, 15) is 9.18 Å². The highest BCUT2D eigenvalue weighted by atomic mass is 35.5. The fourth-order valence-corrected chi connectivity index (χ4v) is 3.30. The first-order valence-corrected chi connectivity index (χ1v) is 9.14. The number of carbonyl (C=O) groups is 1. The Balaban J connectivity index is 1.38. The third-order valence-electron chi connectivity index (χ3n) is 4.44. The lowest BCUT2D eigenvalue weighted by Crippen LogP contribution is -2.39. The van der Waals surface area contributed by atoms with Gasteiger partial charge in [-0.1, -0.05) is 23.7 Å². The Kier molecular flexibility index (Phi) is 6.39. The van der Waals surface area contributed by atoms with Crippen LogP contribution in [0.2, 0.25) is 5.02 Å². The van der Waals surface area contributed by atoms with Gasteiger partial charge in [0.15, 0.2) is 5.82 Å². The summed E-state index contributed by atoms with van der Waals surface area (Å²) in [5.41, 5.74) is 1.06. The molecule has 0 unspecified atom stereocenters. The molecule has 0 spiro atoms. The number of aromatic nitrogens is 2. The molecule has 3 rings (SSSR count). The van der Waals surface area contributed by atoms with Crippen LogP contribution in [0.1, 0.15) is 37.7 Å². The monoisotopic (exact) mass is 377 g/mol. The van der Waals surface area contributed by atoms with Crippen LogP contribution in [0.4, 0.5) is 4.39 Å². The molecule has 1 amide bonds. The van der Waals surface area contributed by atoms with Crippen LogP contribution in [0, 0.1) is 5.82 Å².